The molecule has 21 heavy (non-hydrogen) atoms. The Balaban J connectivity index is 1.91. The molecule has 0 saturated carbocycles. The Hall–Kier alpha value is -1.68. The molecular formula is C17H18BrNO2. The van der Waals surface area contributed by atoms with Gasteiger partial charge in [-0.1, -0.05) is 28.1 Å². The monoisotopic (exact) mass is 347 g/mol. The molecule has 1 aliphatic rings. The summed E-state index contributed by atoms with van der Waals surface area (Å²) in [5.74, 6) is 1.66. The number of ether oxygens (including phenoxy) is 2. The van der Waals surface area contributed by atoms with Crippen LogP contribution >= 0.6 is 15.9 Å². The average Bonchev–Trinajstić information content (AvgIpc) is 2.92. The smallest absolute Gasteiger partial charge is 0.142 e. The van der Waals surface area contributed by atoms with E-state index < -0.39 is 0 Å². The standard InChI is InChI=1S/C17H18BrNO2/c1-20-11-6-9-17(21-2)16(10-11)19-15-8-7-12-13(15)4-3-5-14(12)18/h3-6,9-10,15,19H,7-8H2,1-2H3. The Kier molecular flexibility index (Phi) is 4.06. The number of nitrogens with one attached hydrogen (secondary N) is 1. The molecule has 110 valence electrons. The molecule has 3 rings (SSSR count). The summed E-state index contributed by atoms with van der Waals surface area (Å²) < 4.78 is 11.9. The summed E-state index contributed by atoms with van der Waals surface area (Å²) in [6.45, 7) is 0. The maximum absolute atomic E-state index is 5.44. The molecule has 2 aromatic rings. The van der Waals surface area contributed by atoms with E-state index in [0.717, 1.165) is 30.0 Å². The highest BCUT2D eigenvalue weighted by Gasteiger charge is 2.24. The van der Waals surface area contributed by atoms with Gasteiger partial charge in [-0.05, 0) is 42.2 Å². The van der Waals surface area contributed by atoms with Crippen LogP contribution in [0.4, 0.5) is 5.69 Å². The highest BCUT2D eigenvalue weighted by Crippen LogP contribution is 2.40. The third-order valence-corrected chi connectivity index (χ3v) is 4.69. The first-order valence-electron chi connectivity index (χ1n) is 6.98. The second-order valence-corrected chi connectivity index (χ2v) is 5.96. The van der Waals surface area contributed by atoms with Crippen molar-refractivity contribution >= 4 is 21.6 Å². The third-order valence-electron chi connectivity index (χ3n) is 3.95. The maximum atomic E-state index is 5.44. The molecule has 0 amide bonds. The van der Waals surface area contributed by atoms with Crippen molar-refractivity contribution in [3.05, 3.63) is 52.0 Å². The lowest BCUT2D eigenvalue weighted by atomic mass is 10.1. The summed E-state index contributed by atoms with van der Waals surface area (Å²) in [5, 5.41) is 3.59. The maximum Gasteiger partial charge on any atom is 0.142 e. The number of hydrogen-bond donors (Lipinski definition) is 1. The molecule has 1 aliphatic carbocycles. The largest absolute Gasteiger partial charge is 0.497 e. The zero-order chi connectivity index (χ0) is 14.8. The van der Waals surface area contributed by atoms with Crippen LogP contribution < -0.4 is 14.8 Å². The molecule has 1 atom stereocenters. The first kappa shape index (κ1) is 14.3. The molecule has 0 aromatic heterocycles. The van der Waals surface area contributed by atoms with E-state index in [1.165, 1.54) is 15.6 Å². The van der Waals surface area contributed by atoms with Crippen LogP contribution in [-0.2, 0) is 6.42 Å². The Morgan fingerprint density at radius 1 is 1.14 bits per heavy atom. The number of anilines is 1. The first-order chi connectivity index (χ1) is 10.2. The predicted octanol–water partition coefficient (Wildman–Crippen LogP) is 4.57. The molecular weight excluding hydrogens is 330 g/mol. The number of rotatable bonds is 4. The Morgan fingerprint density at radius 2 is 2.00 bits per heavy atom. The van der Waals surface area contributed by atoms with Gasteiger partial charge in [0, 0.05) is 10.5 Å². The molecule has 1 unspecified atom stereocenters. The van der Waals surface area contributed by atoms with Gasteiger partial charge in [-0.15, -0.1) is 0 Å². The summed E-state index contributed by atoms with van der Waals surface area (Å²) >= 11 is 3.64. The summed E-state index contributed by atoms with van der Waals surface area (Å²) in [6, 6.07) is 12.5. The molecule has 2 aromatic carbocycles. The fraction of sp³-hybridized carbons (Fsp3) is 0.294. The van der Waals surface area contributed by atoms with Crippen LogP contribution in [0.15, 0.2) is 40.9 Å². The Morgan fingerprint density at radius 3 is 2.76 bits per heavy atom. The second-order valence-electron chi connectivity index (χ2n) is 5.11. The van der Waals surface area contributed by atoms with Gasteiger partial charge < -0.3 is 14.8 Å². The summed E-state index contributed by atoms with van der Waals surface area (Å²) in [4.78, 5) is 0. The van der Waals surface area contributed by atoms with Crippen molar-refractivity contribution in [2.75, 3.05) is 19.5 Å². The van der Waals surface area contributed by atoms with Crippen LogP contribution in [0, 0.1) is 0 Å². The number of hydrogen-bond acceptors (Lipinski definition) is 3. The SMILES string of the molecule is COc1ccc(OC)c(NC2CCc3c(Br)cccc32)c1. The van der Waals surface area contributed by atoms with Crippen LogP contribution in [0.5, 0.6) is 11.5 Å². The topological polar surface area (TPSA) is 30.5 Å². The Labute approximate surface area is 133 Å². The summed E-state index contributed by atoms with van der Waals surface area (Å²) in [7, 11) is 3.36. The van der Waals surface area contributed by atoms with Crippen LogP contribution in [0.25, 0.3) is 0 Å². The van der Waals surface area contributed by atoms with Crippen molar-refractivity contribution in [1.29, 1.82) is 0 Å². The molecule has 0 heterocycles. The molecule has 0 aliphatic heterocycles. The van der Waals surface area contributed by atoms with Gasteiger partial charge in [0.25, 0.3) is 0 Å². The quantitative estimate of drug-likeness (QED) is 0.878. The lowest BCUT2D eigenvalue weighted by Gasteiger charge is -2.18. The number of benzene rings is 2. The minimum absolute atomic E-state index is 0.304. The van der Waals surface area contributed by atoms with E-state index in [4.69, 9.17) is 9.47 Å². The fourth-order valence-corrected chi connectivity index (χ4v) is 3.45. The zero-order valence-electron chi connectivity index (χ0n) is 12.2. The van der Waals surface area contributed by atoms with E-state index in [1.807, 2.05) is 18.2 Å². The third kappa shape index (κ3) is 2.72. The van der Waals surface area contributed by atoms with Crippen LogP contribution in [0.2, 0.25) is 0 Å². The van der Waals surface area contributed by atoms with E-state index in [2.05, 4.69) is 39.4 Å². The molecule has 0 spiro atoms. The van der Waals surface area contributed by atoms with Gasteiger partial charge in [0.15, 0.2) is 0 Å². The fourth-order valence-electron chi connectivity index (χ4n) is 2.87. The van der Waals surface area contributed by atoms with Crippen molar-refractivity contribution in [2.45, 2.75) is 18.9 Å². The van der Waals surface area contributed by atoms with Gasteiger partial charge in [-0.3, -0.25) is 0 Å². The first-order valence-corrected chi connectivity index (χ1v) is 7.78. The van der Waals surface area contributed by atoms with Gasteiger partial charge in [0.2, 0.25) is 0 Å². The molecule has 0 fully saturated rings. The van der Waals surface area contributed by atoms with E-state index >= 15 is 0 Å². The van der Waals surface area contributed by atoms with Crippen LogP contribution in [0.3, 0.4) is 0 Å². The van der Waals surface area contributed by atoms with Crippen molar-refractivity contribution < 1.29 is 9.47 Å². The van der Waals surface area contributed by atoms with Crippen molar-refractivity contribution in [3.8, 4) is 11.5 Å². The lowest BCUT2D eigenvalue weighted by Crippen LogP contribution is -2.08. The molecule has 0 bridgehead atoms. The van der Waals surface area contributed by atoms with Gasteiger partial charge in [0.05, 0.1) is 25.9 Å². The van der Waals surface area contributed by atoms with Gasteiger partial charge in [-0.2, -0.15) is 0 Å². The van der Waals surface area contributed by atoms with Gasteiger partial charge >= 0.3 is 0 Å². The number of fused-ring (bicyclic) bond motifs is 1. The van der Waals surface area contributed by atoms with Gasteiger partial charge in [-0.25, -0.2) is 0 Å². The van der Waals surface area contributed by atoms with E-state index in [0.29, 0.717) is 6.04 Å². The molecule has 0 radical (unpaired) electrons. The predicted molar refractivity (Wildman–Crippen MR) is 88.4 cm³/mol. The normalized spacial score (nSPS) is 16.4. The molecule has 1 N–H and O–H groups in total. The number of halogens is 1. The number of methoxy groups -OCH3 is 2. The van der Waals surface area contributed by atoms with E-state index in [-0.39, 0.29) is 0 Å². The molecule has 0 saturated heterocycles. The summed E-state index contributed by atoms with van der Waals surface area (Å²) in [6.07, 6.45) is 2.17. The van der Waals surface area contributed by atoms with Crippen molar-refractivity contribution in [2.24, 2.45) is 0 Å². The average molecular weight is 348 g/mol. The van der Waals surface area contributed by atoms with Gasteiger partial charge in [0.1, 0.15) is 11.5 Å². The van der Waals surface area contributed by atoms with Crippen LogP contribution in [0.1, 0.15) is 23.6 Å². The van der Waals surface area contributed by atoms with Crippen LogP contribution in [-0.4, -0.2) is 14.2 Å². The second kappa shape index (κ2) is 5.98. The lowest BCUT2D eigenvalue weighted by molar-refractivity contribution is 0.404. The minimum atomic E-state index is 0.304. The highest BCUT2D eigenvalue weighted by molar-refractivity contribution is 9.10. The molecule has 3 nitrogen and oxygen atoms in total. The Bertz CT molecular complexity index is 657. The van der Waals surface area contributed by atoms with E-state index in [1.54, 1.807) is 14.2 Å². The molecule has 4 heteroatoms. The zero-order valence-corrected chi connectivity index (χ0v) is 13.7. The summed E-state index contributed by atoms with van der Waals surface area (Å²) in [5.41, 5.74) is 3.72. The van der Waals surface area contributed by atoms with Crippen molar-refractivity contribution in [1.82, 2.24) is 0 Å². The minimum Gasteiger partial charge on any atom is -0.497 e. The van der Waals surface area contributed by atoms with Crippen molar-refractivity contribution in [3.63, 3.8) is 0 Å². The highest BCUT2D eigenvalue weighted by atomic mass is 79.9. The van der Waals surface area contributed by atoms with E-state index in [9.17, 15) is 0 Å².